The second-order valence-electron chi connectivity index (χ2n) is 9.89. The first-order valence-electron chi connectivity index (χ1n) is 13.2. The maximum Gasteiger partial charge on any atom is 0.305 e. The lowest BCUT2D eigenvalue weighted by Gasteiger charge is -2.33. The number of carbonyl (C=O) groups is 2. The van der Waals surface area contributed by atoms with E-state index in [1.165, 1.54) is 23.4 Å². The zero-order valence-corrected chi connectivity index (χ0v) is 21.9. The minimum atomic E-state index is -0.374. The van der Waals surface area contributed by atoms with Gasteiger partial charge in [0.25, 0.3) is 0 Å². The van der Waals surface area contributed by atoms with Crippen molar-refractivity contribution < 1.29 is 19.1 Å². The maximum atomic E-state index is 12.8. The molecule has 194 valence electrons. The number of para-hydroxylation sites is 1. The first kappa shape index (κ1) is 25.7. The molecule has 5 heteroatoms. The number of hydrogen-bond donors (Lipinski definition) is 1. The second-order valence-corrected chi connectivity index (χ2v) is 9.89. The Morgan fingerprint density at radius 1 is 0.947 bits per heavy atom. The van der Waals surface area contributed by atoms with Crippen LogP contribution in [-0.4, -0.2) is 31.5 Å². The van der Waals surface area contributed by atoms with Gasteiger partial charge >= 0.3 is 5.97 Å². The van der Waals surface area contributed by atoms with E-state index in [1.807, 2.05) is 36.4 Å². The van der Waals surface area contributed by atoms with E-state index in [9.17, 15) is 9.59 Å². The van der Waals surface area contributed by atoms with Crippen LogP contribution in [0.3, 0.4) is 0 Å². The number of Topliss-reactive ketones (excluding diaryl/α,β-unsaturated/α-hetero) is 1. The molecule has 1 aliphatic heterocycles. The fourth-order valence-corrected chi connectivity index (χ4v) is 5.37. The molecule has 0 aliphatic carbocycles. The molecule has 1 aliphatic rings. The number of nitrogens with one attached hydrogen (secondary N) is 1. The Labute approximate surface area is 223 Å². The molecule has 0 fully saturated rings. The molecule has 3 atom stereocenters. The molecular weight excluding hydrogens is 474 g/mol. The van der Waals surface area contributed by atoms with Crippen molar-refractivity contribution in [2.45, 2.75) is 44.2 Å². The average Bonchev–Trinajstić information content (AvgIpc) is 2.97. The first-order chi connectivity index (χ1) is 18.5. The van der Waals surface area contributed by atoms with Crippen LogP contribution in [0.1, 0.15) is 65.2 Å². The topological polar surface area (TPSA) is 64.6 Å². The van der Waals surface area contributed by atoms with Crippen molar-refractivity contribution in [3.05, 3.63) is 113 Å². The number of methoxy groups -OCH3 is 1. The van der Waals surface area contributed by atoms with Crippen LogP contribution in [0.25, 0.3) is 10.8 Å². The molecule has 0 unspecified atom stereocenters. The summed E-state index contributed by atoms with van der Waals surface area (Å²) in [6, 6.07) is 31.0. The van der Waals surface area contributed by atoms with Crippen molar-refractivity contribution in [2.24, 2.45) is 0 Å². The van der Waals surface area contributed by atoms with Gasteiger partial charge in [0.15, 0.2) is 5.78 Å². The van der Waals surface area contributed by atoms with Gasteiger partial charge in [-0.15, -0.1) is 0 Å². The molecule has 0 saturated heterocycles. The summed E-state index contributed by atoms with van der Waals surface area (Å²) >= 11 is 0. The number of ketones is 1. The fraction of sp³-hybridized carbons (Fsp3) is 0.273. The van der Waals surface area contributed by atoms with Gasteiger partial charge in [-0.25, -0.2) is 0 Å². The lowest BCUT2D eigenvalue weighted by Crippen LogP contribution is -2.37. The summed E-state index contributed by atoms with van der Waals surface area (Å²) in [4.78, 5) is 24.3. The highest BCUT2D eigenvalue weighted by Gasteiger charge is 2.30. The molecule has 0 amide bonds. The van der Waals surface area contributed by atoms with Crippen LogP contribution in [0.2, 0.25) is 0 Å². The van der Waals surface area contributed by atoms with Crippen molar-refractivity contribution in [1.82, 2.24) is 5.32 Å². The highest BCUT2D eigenvalue weighted by molar-refractivity contribution is 5.97. The first-order valence-corrected chi connectivity index (χ1v) is 13.2. The van der Waals surface area contributed by atoms with E-state index in [0.717, 1.165) is 23.3 Å². The molecule has 0 saturated carbocycles. The molecule has 0 radical (unpaired) electrons. The molecule has 38 heavy (non-hydrogen) atoms. The average molecular weight is 508 g/mol. The van der Waals surface area contributed by atoms with Crippen LogP contribution >= 0.6 is 0 Å². The summed E-state index contributed by atoms with van der Waals surface area (Å²) in [7, 11) is 1.34. The van der Waals surface area contributed by atoms with Crippen molar-refractivity contribution in [2.75, 3.05) is 13.7 Å². The molecule has 1 heterocycles. The standard InChI is InChI=1S/C33H33NO4/c1-22(27-15-8-10-23-9-3-4-13-28(23)27)34-21-26-20-30(29-14-5-6-16-32(29)38-26)24-11-7-12-25(19-24)31(35)17-18-33(36)37-2/h3-16,19,22,26,30,34H,17-18,20-21H2,1-2H3/t22-,26-,30+/m1/s1. The third kappa shape index (κ3) is 5.63. The quantitative estimate of drug-likeness (QED) is 0.204. The highest BCUT2D eigenvalue weighted by Crippen LogP contribution is 2.40. The summed E-state index contributed by atoms with van der Waals surface area (Å²) in [5.41, 5.74) is 4.10. The van der Waals surface area contributed by atoms with Crippen molar-refractivity contribution in [1.29, 1.82) is 0 Å². The number of fused-ring (bicyclic) bond motifs is 2. The maximum absolute atomic E-state index is 12.8. The molecule has 5 rings (SSSR count). The third-order valence-electron chi connectivity index (χ3n) is 7.42. The summed E-state index contributed by atoms with van der Waals surface area (Å²) in [6.07, 6.45) is 0.999. The van der Waals surface area contributed by atoms with Crippen LogP contribution in [0.15, 0.2) is 91.0 Å². The van der Waals surface area contributed by atoms with Gasteiger partial charge in [0.2, 0.25) is 0 Å². The Balaban J connectivity index is 1.33. The molecule has 4 aromatic rings. The molecule has 4 aromatic carbocycles. The number of hydrogen-bond acceptors (Lipinski definition) is 5. The Bertz CT molecular complexity index is 1440. The second kappa shape index (κ2) is 11.6. The summed E-state index contributed by atoms with van der Waals surface area (Å²) in [5.74, 6) is 0.560. The number of benzene rings is 4. The number of carbonyl (C=O) groups excluding carboxylic acids is 2. The molecule has 0 spiro atoms. The van der Waals surface area contributed by atoms with Gasteiger partial charge in [-0.1, -0.05) is 78.9 Å². The summed E-state index contributed by atoms with van der Waals surface area (Å²) in [6.45, 7) is 2.90. The lowest BCUT2D eigenvalue weighted by molar-refractivity contribution is -0.140. The van der Waals surface area contributed by atoms with E-state index < -0.39 is 0 Å². The van der Waals surface area contributed by atoms with Gasteiger partial charge in [-0.3, -0.25) is 9.59 Å². The van der Waals surface area contributed by atoms with E-state index in [-0.39, 0.29) is 42.7 Å². The van der Waals surface area contributed by atoms with Gasteiger partial charge in [0, 0.05) is 36.1 Å². The number of rotatable bonds is 9. The molecule has 1 N–H and O–H groups in total. The highest BCUT2D eigenvalue weighted by atomic mass is 16.5. The van der Waals surface area contributed by atoms with Crippen molar-refractivity contribution in [3.8, 4) is 5.75 Å². The van der Waals surface area contributed by atoms with Gasteiger partial charge < -0.3 is 14.8 Å². The zero-order chi connectivity index (χ0) is 26.5. The van der Waals surface area contributed by atoms with E-state index in [4.69, 9.17) is 4.74 Å². The van der Waals surface area contributed by atoms with Crippen LogP contribution < -0.4 is 10.1 Å². The smallest absolute Gasteiger partial charge is 0.305 e. The SMILES string of the molecule is COC(=O)CCC(=O)c1cccc([C@@H]2C[C@H](CN[C@H](C)c3cccc4ccccc34)Oc3ccccc32)c1. The summed E-state index contributed by atoms with van der Waals surface area (Å²) in [5, 5.41) is 6.20. The van der Waals surface area contributed by atoms with E-state index in [1.54, 1.807) is 0 Å². The zero-order valence-electron chi connectivity index (χ0n) is 21.9. The fourth-order valence-electron chi connectivity index (χ4n) is 5.37. The van der Waals surface area contributed by atoms with Crippen molar-refractivity contribution >= 4 is 22.5 Å². The lowest BCUT2D eigenvalue weighted by atomic mass is 9.83. The Morgan fingerprint density at radius 2 is 1.71 bits per heavy atom. The largest absolute Gasteiger partial charge is 0.489 e. The molecule has 0 bridgehead atoms. The van der Waals surface area contributed by atoms with Crippen LogP contribution in [0, 0.1) is 0 Å². The van der Waals surface area contributed by atoms with E-state index in [2.05, 4.69) is 71.6 Å². The molecule has 0 aromatic heterocycles. The summed E-state index contributed by atoms with van der Waals surface area (Å²) < 4.78 is 11.1. The van der Waals surface area contributed by atoms with Gasteiger partial charge in [0.1, 0.15) is 11.9 Å². The van der Waals surface area contributed by atoms with Gasteiger partial charge in [-0.2, -0.15) is 0 Å². The van der Waals surface area contributed by atoms with E-state index in [0.29, 0.717) is 12.1 Å². The number of esters is 1. The normalized spacial score (nSPS) is 17.3. The predicted octanol–water partition coefficient (Wildman–Crippen LogP) is 6.61. The number of ether oxygens (including phenoxy) is 2. The van der Waals surface area contributed by atoms with Crippen molar-refractivity contribution in [3.63, 3.8) is 0 Å². The molecule has 5 nitrogen and oxygen atoms in total. The predicted molar refractivity (Wildman–Crippen MR) is 150 cm³/mol. The Morgan fingerprint density at radius 3 is 2.58 bits per heavy atom. The van der Waals surface area contributed by atoms with Crippen LogP contribution in [0.5, 0.6) is 5.75 Å². The van der Waals surface area contributed by atoms with Crippen LogP contribution in [0.4, 0.5) is 0 Å². The van der Waals surface area contributed by atoms with Gasteiger partial charge in [0.05, 0.1) is 13.5 Å². The third-order valence-corrected chi connectivity index (χ3v) is 7.42. The molecular formula is C33H33NO4. The monoisotopic (exact) mass is 507 g/mol. The Hall–Kier alpha value is -3.96. The Kier molecular flexibility index (Phi) is 7.85. The van der Waals surface area contributed by atoms with Gasteiger partial charge in [-0.05, 0) is 47.4 Å². The van der Waals surface area contributed by atoms with Crippen LogP contribution in [-0.2, 0) is 9.53 Å². The minimum absolute atomic E-state index is 0.0222. The van der Waals surface area contributed by atoms with E-state index >= 15 is 0 Å². The minimum Gasteiger partial charge on any atom is -0.489 e.